The fraction of sp³-hybridized carbons (Fsp3) is 0. The molecule has 0 saturated carbocycles. The maximum Gasteiger partial charge on any atom is 0.211 e. The Bertz CT molecular complexity index is 293. The Labute approximate surface area is 93.4 Å². The molecule has 2 nitrogen and oxygen atoms in total. The summed E-state index contributed by atoms with van der Waals surface area (Å²) in [6, 6.07) is 3.44. The maximum atomic E-state index is 10.1. The van der Waals surface area contributed by atoms with E-state index in [1.807, 2.05) is 0 Å². The summed E-state index contributed by atoms with van der Waals surface area (Å²) in [6.07, 6.45) is 0.542. The molecule has 0 unspecified atom stereocenters. The summed E-state index contributed by atoms with van der Waals surface area (Å²) in [7, 11) is 0. The van der Waals surface area contributed by atoms with Gasteiger partial charge in [-0.1, -0.05) is 23.2 Å². The van der Waals surface area contributed by atoms with Crippen LogP contribution in [0.25, 0.3) is 0 Å². The summed E-state index contributed by atoms with van der Waals surface area (Å²) in [4.78, 5) is 10.1. The van der Waals surface area contributed by atoms with Crippen LogP contribution in [0.2, 0.25) is 10.0 Å². The molecule has 12 heavy (non-hydrogen) atoms. The highest BCUT2D eigenvalue weighted by Gasteiger charge is 2.05. The van der Waals surface area contributed by atoms with Gasteiger partial charge in [0.05, 0.1) is 15.7 Å². The van der Waals surface area contributed by atoms with Crippen molar-refractivity contribution >= 4 is 57.9 Å². The van der Waals surface area contributed by atoms with Crippen LogP contribution in [0.4, 0.5) is 5.69 Å². The van der Waals surface area contributed by atoms with E-state index in [0.717, 1.165) is 3.57 Å². The summed E-state index contributed by atoms with van der Waals surface area (Å²) in [5, 5.41) is 3.31. The fourth-order valence-electron chi connectivity index (χ4n) is 0.739. The van der Waals surface area contributed by atoms with Crippen molar-refractivity contribution in [1.82, 2.24) is 0 Å². The standard InChI is InChI=1S/C7H4Cl2INO/c8-5-1-4(10)2-6(9)7(5)11-3-12/h1-3H,(H,11,12). The zero-order valence-corrected chi connectivity index (χ0v) is 9.44. The molecule has 0 aliphatic carbocycles. The van der Waals surface area contributed by atoms with Crippen molar-refractivity contribution in [2.24, 2.45) is 0 Å². The molecule has 5 heteroatoms. The first-order valence-electron chi connectivity index (χ1n) is 3.00. The van der Waals surface area contributed by atoms with Crippen LogP contribution in [0.15, 0.2) is 12.1 Å². The van der Waals surface area contributed by atoms with Gasteiger partial charge in [0.25, 0.3) is 0 Å². The van der Waals surface area contributed by atoms with Crippen LogP contribution in [-0.2, 0) is 4.79 Å². The van der Waals surface area contributed by atoms with Crippen LogP contribution in [0, 0.1) is 3.57 Å². The highest BCUT2D eigenvalue weighted by atomic mass is 127. The zero-order valence-electron chi connectivity index (χ0n) is 5.77. The van der Waals surface area contributed by atoms with Gasteiger partial charge in [0.2, 0.25) is 6.41 Å². The minimum atomic E-state index is 0.444. The third-order valence-electron chi connectivity index (χ3n) is 1.21. The Morgan fingerprint density at radius 3 is 2.25 bits per heavy atom. The Kier molecular flexibility index (Phi) is 3.61. The Morgan fingerprint density at radius 1 is 1.33 bits per heavy atom. The molecule has 0 aromatic heterocycles. The normalized spacial score (nSPS) is 9.58. The van der Waals surface area contributed by atoms with Crippen molar-refractivity contribution < 1.29 is 4.79 Å². The van der Waals surface area contributed by atoms with E-state index in [0.29, 0.717) is 22.1 Å². The molecule has 0 aliphatic rings. The molecule has 0 saturated heterocycles. The third kappa shape index (κ3) is 2.24. The van der Waals surface area contributed by atoms with Crippen LogP contribution in [0.5, 0.6) is 0 Å². The van der Waals surface area contributed by atoms with Crippen molar-refractivity contribution in [3.8, 4) is 0 Å². The van der Waals surface area contributed by atoms with Crippen molar-refractivity contribution in [3.05, 3.63) is 25.7 Å². The van der Waals surface area contributed by atoms with E-state index in [1.165, 1.54) is 0 Å². The molecule has 0 heterocycles. The quantitative estimate of drug-likeness (QED) is 0.659. The number of hydrogen-bond donors (Lipinski definition) is 1. The van der Waals surface area contributed by atoms with Gasteiger partial charge in [0.1, 0.15) is 0 Å². The summed E-state index contributed by atoms with van der Waals surface area (Å²) >= 11 is 13.7. The van der Waals surface area contributed by atoms with Gasteiger partial charge in [-0.3, -0.25) is 4.79 Å². The van der Waals surface area contributed by atoms with Crippen LogP contribution < -0.4 is 5.32 Å². The van der Waals surface area contributed by atoms with Crippen molar-refractivity contribution in [2.45, 2.75) is 0 Å². The summed E-state index contributed by atoms with van der Waals surface area (Å²) < 4.78 is 0.930. The molecular weight excluding hydrogens is 312 g/mol. The molecule has 0 bridgehead atoms. The molecular formula is C7H4Cl2INO. The van der Waals surface area contributed by atoms with Crippen molar-refractivity contribution in [2.75, 3.05) is 5.32 Å². The topological polar surface area (TPSA) is 29.1 Å². The summed E-state index contributed by atoms with van der Waals surface area (Å²) in [5.74, 6) is 0. The highest BCUT2D eigenvalue weighted by Crippen LogP contribution is 2.31. The van der Waals surface area contributed by atoms with E-state index >= 15 is 0 Å². The smallest absolute Gasteiger partial charge is 0.211 e. The van der Waals surface area contributed by atoms with Gasteiger partial charge in [0, 0.05) is 3.57 Å². The van der Waals surface area contributed by atoms with Gasteiger partial charge < -0.3 is 5.32 Å². The molecule has 0 spiro atoms. The number of nitrogens with one attached hydrogen (secondary N) is 1. The number of carbonyl (C=O) groups is 1. The van der Waals surface area contributed by atoms with Gasteiger partial charge in [-0.25, -0.2) is 0 Å². The SMILES string of the molecule is O=CNc1c(Cl)cc(I)cc1Cl. The third-order valence-corrected chi connectivity index (χ3v) is 2.43. The number of carbonyl (C=O) groups excluding carboxylic acids is 1. The van der Waals surface area contributed by atoms with Crippen molar-refractivity contribution in [1.29, 1.82) is 0 Å². The predicted octanol–water partition coefficient (Wildman–Crippen LogP) is 3.17. The van der Waals surface area contributed by atoms with E-state index in [4.69, 9.17) is 23.2 Å². The first-order valence-corrected chi connectivity index (χ1v) is 4.83. The average Bonchev–Trinajstić information content (AvgIpc) is 1.96. The maximum absolute atomic E-state index is 10.1. The predicted molar refractivity (Wildman–Crippen MR) is 58.9 cm³/mol. The van der Waals surface area contributed by atoms with E-state index < -0.39 is 0 Å². The second kappa shape index (κ2) is 4.30. The lowest BCUT2D eigenvalue weighted by atomic mass is 10.3. The van der Waals surface area contributed by atoms with E-state index in [1.54, 1.807) is 12.1 Å². The lowest BCUT2D eigenvalue weighted by Gasteiger charge is -2.04. The van der Waals surface area contributed by atoms with Crippen molar-refractivity contribution in [3.63, 3.8) is 0 Å². The number of rotatable bonds is 2. The molecule has 0 fully saturated rings. The van der Waals surface area contributed by atoms with Gasteiger partial charge >= 0.3 is 0 Å². The number of anilines is 1. The molecule has 1 aromatic rings. The average molecular weight is 316 g/mol. The van der Waals surface area contributed by atoms with Gasteiger partial charge in [-0.2, -0.15) is 0 Å². The first kappa shape index (κ1) is 10.1. The minimum Gasteiger partial charge on any atom is -0.326 e. The Balaban J connectivity index is 3.18. The second-order valence-electron chi connectivity index (χ2n) is 2.01. The number of amides is 1. The minimum absolute atomic E-state index is 0.444. The molecule has 0 aliphatic heterocycles. The fourth-order valence-corrected chi connectivity index (χ4v) is 2.33. The summed E-state index contributed by atoms with van der Waals surface area (Å²) in [6.45, 7) is 0. The highest BCUT2D eigenvalue weighted by molar-refractivity contribution is 14.1. The lowest BCUT2D eigenvalue weighted by Crippen LogP contribution is -1.95. The van der Waals surface area contributed by atoms with Crippen LogP contribution in [0.3, 0.4) is 0 Å². The van der Waals surface area contributed by atoms with E-state index in [-0.39, 0.29) is 0 Å². The monoisotopic (exact) mass is 315 g/mol. The molecule has 1 aromatic carbocycles. The van der Waals surface area contributed by atoms with Gasteiger partial charge in [-0.05, 0) is 34.7 Å². The number of halogens is 3. The van der Waals surface area contributed by atoms with E-state index in [9.17, 15) is 4.79 Å². The number of benzene rings is 1. The zero-order chi connectivity index (χ0) is 9.14. The molecule has 0 radical (unpaired) electrons. The molecule has 0 atom stereocenters. The summed E-state index contributed by atoms with van der Waals surface area (Å²) in [5.41, 5.74) is 0.453. The van der Waals surface area contributed by atoms with Gasteiger partial charge in [0.15, 0.2) is 0 Å². The van der Waals surface area contributed by atoms with Gasteiger partial charge in [-0.15, -0.1) is 0 Å². The molecule has 1 amide bonds. The number of hydrogen-bond acceptors (Lipinski definition) is 1. The molecule has 1 rings (SSSR count). The Morgan fingerprint density at radius 2 is 1.83 bits per heavy atom. The second-order valence-corrected chi connectivity index (χ2v) is 4.07. The molecule has 64 valence electrons. The largest absolute Gasteiger partial charge is 0.326 e. The van der Waals surface area contributed by atoms with Crippen LogP contribution >= 0.6 is 45.8 Å². The lowest BCUT2D eigenvalue weighted by molar-refractivity contribution is -0.105. The molecule has 1 N–H and O–H groups in total. The first-order chi connectivity index (χ1) is 5.65. The Hall–Kier alpha value is -0.0000000000000000555. The van der Waals surface area contributed by atoms with Crippen LogP contribution in [-0.4, -0.2) is 6.41 Å². The van der Waals surface area contributed by atoms with E-state index in [2.05, 4.69) is 27.9 Å². The van der Waals surface area contributed by atoms with Crippen LogP contribution in [0.1, 0.15) is 0 Å².